The van der Waals surface area contributed by atoms with Crippen LogP contribution in [-0.4, -0.2) is 20.6 Å². The minimum atomic E-state index is -0.338. The number of nitriles is 1. The van der Waals surface area contributed by atoms with Crippen LogP contribution in [-0.2, 0) is 17.9 Å². The Hall–Kier alpha value is -3.50. The number of aromatic nitrogens is 1. The maximum Gasteiger partial charge on any atom is 0.293 e. The van der Waals surface area contributed by atoms with Gasteiger partial charge in [0.1, 0.15) is 0 Å². The number of para-hydroxylation sites is 1. The molecule has 5 rings (SSSR count). The first kappa shape index (κ1) is 23.3. The molecule has 5 nitrogen and oxygen atoms in total. The first-order valence-corrected chi connectivity index (χ1v) is 12.3. The summed E-state index contributed by atoms with van der Waals surface area (Å²) in [5.74, 6) is -0.338. The number of hydrogen-bond acceptors (Lipinski definition) is 4. The first-order valence-electron chi connectivity index (χ1n) is 10.7. The molecular formula is C27H17Cl2N3O2S. The van der Waals surface area contributed by atoms with E-state index in [9.17, 15) is 9.59 Å². The van der Waals surface area contributed by atoms with E-state index in [4.69, 9.17) is 28.5 Å². The zero-order valence-electron chi connectivity index (χ0n) is 18.2. The van der Waals surface area contributed by atoms with E-state index in [1.165, 1.54) is 4.90 Å². The second kappa shape index (κ2) is 9.63. The SMILES string of the molecule is N#Cc1ccc(Cn2cc(/C=C3\SC(=O)N(Cc4ccc(Cl)c(Cl)c4)C3=O)c3ccccc32)cc1. The van der Waals surface area contributed by atoms with Crippen LogP contribution in [0.25, 0.3) is 17.0 Å². The largest absolute Gasteiger partial charge is 0.342 e. The van der Waals surface area contributed by atoms with Crippen molar-refractivity contribution in [3.05, 3.63) is 110 Å². The molecule has 0 atom stereocenters. The molecule has 2 amide bonds. The van der Waals surface area contributed by atoms with Gasteiger partial charge in [-0.2, -0.15) is 5.26 Å². The number of thioether (sulfide) groups is 1. The lowest BCUT2D eigenvalue weighted by Gasteiger charge is -2.12. The topological polar surface area (TPSA) is 66.1 Å². The van der Waals surface area contributed by atoms with Crippen molar-refractivity contribution in [3.63, 3.8) is 0 Å². The number of carbonyl (C=O) groups excluding carboxylic acids is 2. The van der Waals surface area contributed by atoms with E-state index < -0.39 is 0 Å². The van der Waals surface area contributed by atoms with Crippen LogP contribution in [0.15, 0.2) is 77.8 Å². The number of nitrogens with zero attached hydrogens (tertiary/aromatic N) is 3. The van der Waals surface area contributed by atoms with E-state index in [1.807, 2.05) is 42.6 Å². The van der Waals surface area contributed by atoms with Gasteiger partial charge in [-0.05, 0) is 59.3 Å². The van der Waals surface area contributed by atoms with Gasteiger partial charge in [0, 0.05) is 29.2 Å². The number of rotatable bonds is 5. The Morgan fingerprint density at radius 2 is 1.66 bits per heavy atom. The molecule has 0 spiro atoms. The van der Waals surface area contributed by atoms with Crippen LogP contribution >= 0.6 is 35.0 Å². The summed E-state index contributed by atoms with van der Waals surface area (Å²) in [6.07, 6.45) is 3.76. The Bertz CT molecular complexity index is 1550. The molecule has 0 unspecified atom stereocenters. The van der Waals surface area contributed by atoms with Crippen molar-refractivity contribution in [2.45, 2.75) is 13.1 Å². The number of hydrogen-bond donors (Lipinski definition) is 0. The van der Waals surface area contributed by atoms with Crippen LogP contribution in [0.5, 0.6) is 0 Å². The minimum absolute atomic E-state index is 0.124. The molecule has 4 aromatic rings. The summed E-state index contributed by atoms with van der Waals surface area (Å²) in [6, 6.07) is 22.6. The molecule has 0 bridgehead atoms. The molecule has 1 aromatic heterocycles. The zero-order valence-corrected chi connectivity index (χ0v) is 20.6. The van der Waals surface area contributed by atoms with Gasteiger partial charge in [-0.3, -0.25) is 14.5 Å². The maximum atomic E-state index is 13.1. The van der Waals surface area contributed by atoms with Crippen molar-refractivity contribution in [3.8, 4) is 6.07 Å². The van der Waals surface area contributed by atoms with Crippen LogP contribution in [0, 0.1) is 11.3 Å². The Kier molecular flexibility index (Phi) is 6.40. The number of carbonyl (C=O) groups is 2. The Morgan fingerprint density at radius 1 is 0.914 bits per heavy atom. The molecular weight excluding hydrogens is 501 g/mol. The van der Waals surface area contributed by atoms with Crippen molar-refractivity contribution in [2.24, 2.45) is 0 Å². The van der Waals surface area contributed by atoms with E-state index in [1.54, 1.807) is 36.4 Å². The molecule has 0 aliphatic carbocycles. The highest BCUT2D eigenvalue weighted by Crippen LogP contribution is 2.35. The van der Waals surface area contributed by atoms with Gasteiger partial charge in [-0.25, -0.2) is 0 Å². The monoisotopic (exact) mass is 517 g/mol. The second-order valence-electron chi connectivity index (χ2n) is 8.05. The molecule has 1 aliphatic rings. The lowest BCUT2D eigenvalue weighted by atomic mass is 10.1. The fourth-order valence-corrected chi connectivity index (χ4v) is 5.15. The third-order valence-corrected chi connectivity index (χ3v) is 7.39. The van der Waals surface area contributed by atoms with E-state index in [0.717, 1.165) is 39.4 Å². The highest BCUT2D eigenvalue weighted by atomic mass is 35.5. The number of imide groups is 1. The molecule has 1 saturated heterocycles. The number of benzene rings is 3. The number of halogens is 2. The molecule has 2 heterocycles. The van der Waals surface area contributed by atoms with Gasteiger partial charge in [0.25, 0.3) is 11.1 Å². The van der Waals surface area contributed by atoms with E-state index in [-0.39, 0.29) is 17.7 Å². The normalized spacial score (nSPS) is 14.8. The lowest BCUT2D eigenvalue weighted by Crippen LogP contribution is -2.27. The summed E-state index contributed by atoms with van der Waals surface area (Å²) in [6.45, 7) is 0.734. The maximum absolute atomic E-state index is 13.1. The third kappa shape index (κ3) is 4.71. The fraction of sp³-hybridized carbons (Fsp3) is 0.0741. The van der Waals surface area contributed by atoms with Crippen molar-refractivity contribution in [1.82, 2.24) is 9.47 Å². The van der Waals surface area contributed by atoms with Crippen molar-refractivity contribution in [1.29, 1.82) is 5.26 Å². The van der Waals surface area contributed by atoms with Crippen molar-refractivity contribution < 1.29 is 9.59 Å². The quantitative estimate of drug-likeness (QED) is 0.264. The zero-order chi connectivity index (χ0) is 24.5. The van der Waals surface area contributed by atoms with Crippen molar-refractivity contribution >= 4 is 63.1 Å². The molecule has 8 heteroatoms. The highest BCUT2D eigenvalue weighted by molar-refractivity contribution is 8.18. The van der Waals surface area contributed by atoms with Crippen LogP contribution in [0.1, 0.15) is 22.3 Å². The molecule has 3 aromatic carbocycles. The van der Waals surface area contributed by atoms with Gasteiger partial charge >= 0.3 is 0 Å². The molecule has 172 valence electrons. The summed E-state index contributed by atoms with van der Waals surface area (Å²) in [5.41, 5.74) is 4.26. The van der Waals surface area contributed by atoms with Gasteiger partial charge in [-0.1, -0.05) is 59.6 Å². The van der Waals surface area contributed by atoms with Gasteiger partial charge < -0.3 is 4.57 Å². The van der Waals surface area contributed by atoms with Crippen LogP contribution in [0.3, 0.4) is 0 Å². The Morgan fingerprint density at radius 3 is 2.40 bits per heavy atom. The van der Waals surface area contributed by atoms with Gasteiger partial charge in [0.05, 0.1) is 33.1 Å². The average molecular weight is 518 g/mol. The van der Waals surface area contributed by atoms with Gasteiger partial charge in [-0.15, -0.1) is 0 Å². The lowest BCUT2D eigenvalue weighted by molar-refractivity contribution is -0.123. The van der Waals surface area contributed by atoms with Crippen molar-refractivity contribution in [2.75, 3.05) is 0 Å². The predicted octanol–water partition coefficient (Wildman–Crippen LogP) is 7.10. The molecule has 1 fully saturated rings. The summed E-state index contributed by atoms with van der Waals surface area (Å²) < 4.78 is 2.10. The minimum Gasteiger partial charge on any atom is -0.342 e. The van der Waals surface area contributed by atoms with E-state index in [0.29, 0.717) is 27.1 Å². The smallest absolute Gasteiger partial charge is 0.293 e. The summed E-state index contributed by atoms with van der Waals surface area (Å²) >= 11 is 13.0. The standard InChI is InChI=1S/C27H17Cl2N3O2S/c28-22-10-9-19(11-23(22)29)15-32-26(33)25(35-27(32)34)12-20-16-31(24-4-2-1-3-21(20)24)14-18-7-5-17(13-30)6-8-18/h1-12,16H,14-15H2/b25-12-. The van der Waals surface area contributed by atoms with E-state index >= 15 is 0 Å². The molecule has 0 saturated carbocycles. The summed E-state index contributed by atoms with van der Waals surface area (Å²) in [4.78, 5) is 27.3. The number of fused-ring (bicyclic) bond motifs is 1. The first-order chi connectivity index (χ1) is 16.9. The van der Waals surface area contributed by atoms with Crippen LogP contribution in [0.2, 0.25) is 10.0 Å². The fourth-order valence-electron chi connectivity index (χ4n) is 4.00. The predicted molar refractivity (Wildman–Crippen MR) is 140 cm³/mol. The summed E-state index contributed by atoms with van der Waals surface area (Å²) in [5, 5.41) is 10.5. The molecule has 35 heavy (non-hydrogen) atoms. The third-order valence-electron chi connectivity index (χ3n) is 5.74. The second-order valence-corrected chi connectivity index (χ2v) is 9.86. The number of amides is 2. The summed E-state index contributed by atoms with van der Waals surface area (Å²) in [7, 11) is 0. The van der Waals surface area contributed by atoms with Gasteiger partial charge in [0.2, 0.25) is 0 Å². The Labute approximate surface area is 216 Å². The molecule has 1 aliphatic heterocycles. The van der Waals surface area contributed by atoms with E-state index in [2.05, 4.69) is 10.6 Å². The molecule has 0 N–H and O–H groups in total. The highest BCUT2D eigenvalue weighted by Gasteiger charge is 2.35. The average Bonchev–Trinajstić information content (AvgIpc) is 3.34. The van der Waals surface area contributed by atoms with Gasteiger partial charge in [0.15, 0.2) is 0 Å². The van der Waals surface area contributed by atoms with Crippen LogP contribution in [0.4, 0.5) is 4.79 Å². The Balaban J connectivity index is 1.44. The van der Waals surface area contributed by atoms with Crippen LogP contribution < -0.4 is 0 Å². The molecule has 0 radical (unpaired) electrons.